The van der Waals surface area contributed by atoms with E-state index in [2.05, 4.69) is 26.7 Å². The molecule has 2 heteroatoms. The summed E-state index contributed by atoms with van der Waals surface area (Å²) in [7, 11) is 0.722. The van der Waals surface area contributed by atoms with Crippen LogP contribution in [-0.2, 0) is 0 Å². The molecule has 1 aliphatic rings. The van der Waals surface area contributed by atoms with Gasteiger partial charge in [0.25, 0.3) is 0 Å². The van der Waals surface area contributed by atoms with Crippen LogP contribution in [0.15, 0.2) is 0 Å². The summed E-state index contributed by atoms with van der Waals surface area (Å²) in [5, 5.41) is 0. The second-order valence-electron chi connectivity index (χ2n) is 4.62. The molecule has 1 fully saturated rings. The van der Waals surface area contributed by atoms with Crippen LogP contribution in [0.25, 0.3) is 0 Å². The molecule has 2 atom stereocenters. The van der Waals surface area contributed by atoms with Gasteiger partial charge in [0.2, 0.25) is 0 Å². The fourth-order valence-electron chi connectivity index (χ4n) is 2.06. The van der Waals surface area contributed by atoms with Crippen molar-refractivity contribution in [3.8, 4) is 0 Å². The molecule has 0 nitrogen and oxygen atoms in total. The summed E-state index contributed by atoms with van der Waals surface area (Å²) >= 11 is 0. The van der Waals surface area contributed by atoms with Crippen molar-refractivity contribution in [2.45, 2.75) is 12.8 Å². The zero-order valence-corrected chi connectivity index (χ0v) is 10.7. The van der Waals surface area contributed by atoms with Gasteiger partial charge in [-0.1, -0.05) is 0 Å². The third kappa shape index (κ3) is 3.31. The molecule has 1 rings (SSSR count). The maximum Gasteiger partial charge on any atom is -0.0300 e. The van der Waals surface area contributed by atoms with E-state index in [0.29, 0.717) is 15.8 Å². The van der Waals surface area contributed by atoms with Gasteiger partial charge >= 0.3 is 0 Å². The zero-order valence-electron chi connectivity index (χ0n) is 8.88. The maximum atomic E-state index is 2.42. The average Bonchev–Trinajstić information content (AvgIpc) is 1.93. The summed E-state index contributed by atoms with van der Waals surface area (Å²) in [6, 6.07) is 0. The van der Waals surface area contributed by atoms with Crippen LogP contribution < -0.4 is 0 Å². The SMILES string of the molecule is CP(C)C[C@@H]1CC[C@H]1CP(C)C. The Morgan fingerprint density at radius 1 is 0.833 bits per heavy atom. The molecule has 0 unspecified atom stereocenters. The molecule has 1 saturated carbocycles. The lowest BCUT2D eigenvalue weighted by Crippen LogP contribution is -2.30. The van der Waals surface area contributed by atoms with Gasteiger partial charge in [-0.3, -0.25) is 0 Å². The van der Waals surface area contributed by atoms with Gasteiger partial charge in [-0.2, -0.15) is 0 Å². The highest BCUT2D eigenvalue weighted by Gasteiger charge is 2.30. The van der Waals surface area contributed by atoms with Crippen LogP contribution in [-0.4, -0.2) is 39.0 Å². The lowest BCUT2D eigenvalue weighted by Gasteiger charge is -2.39. The van der Waals surface area contributed by atoms with Crippen LogP contribution in [0.4, 0.5) is 0 Å². The molecule has 0 heterocycles. The number of rotatable bonds is 4. The molecule has 12 heavy (non-hydrogen) atoms. The Morgan fingerprint density at radius 2 is 1.17 bits per heavy atom. The van der Waals surface area contributed by atoms with Gasteiger partial charge in [-0.15, -0.1) is 15.8 Å². The van der Waals surface area contributed by atoms with Crippen LogP contribution in [0.5, 0.6) is 0 Å². The smallest absolute Gasteiger partial charge is 0.0300 e. The quantitative estimate of drug-likeness (QED) is 0.615. The Labute approximate surface area is 80.0 Å². The second kappa shape index (κ2) is 4.92. The van der Waals surface area contributed by atoms with Crippen molar-refractivity contribution < 1.29 is 0 Å². The van der Waals surface area contributed by atoms with Crippen molar-refractivity contribution >= 4 is 15.8 Å². The van der Waals surface area contributed by atoms with E-state index in [1.807, 2.05) is 0 Å². The Bertz CT molecular complexity index is 116. The summed E-state index contributed by atoms with van der Waals surface area (Å²) in [4.78, 5) is 0. The number of hydrogen-bond donors (Lipinski definition) is 0. The molecule has 0 saturated heterocycles. The summed E-state index contributed by atoms with van der Waals surface area (Å²) in [5.74, 6) is 2.24. The summed E-state index contributed by atoms with van der Waals surface area (Å²) in [6.45, 7) is 9.69. The minimum atomic E-state index is 0.361. The fraction of sp³-hybridized carbons (Fsp3) is 1.00. The van der Waals surface area contributed by atoms with Gasteiger partial charge in [-0.05, 0) is 63.7 Å². The molecule has 0 N–H and O–H groups in total. The molecule has 0 aliphatic heterocycles. The minimum absolute atomic E-state index is 0.361. The van der Waals surface area contributed by atoms with E-state index < -0.39 is 0 Å². The van der Waals surface area contributed by atoms with Crippen molar-refractivity contribution in [1.82, 2.24) is 0 Å². The Kier molecular flexibility index (Phi) is 4.49. The first-order valence-electron chi connectivity index (χ1n) is 4.89. The van der Waals surface area contributed by atoms with Gasteiger partial charge in [-0.25, -0.2) is 0 Å². The van der Waals surface area contributed by atoms with Gasteiger partial charge in [0.1, 0.15) is 0 Å². The lowest BCUT2D eigenvalue weighted by atomic mass is 9.76. The van der Waals surface area contributed by atoms with Gasteiger partial charge in [0.05, 0.1) is 0 Å². The molecule has 0 bridgehead atoms. The monoisotopic (exact) mass is 204 g/mol. The molecule has 0 radical (unpaired) electrons. The zero-order chi connectivity index (χ0) is 9.14. The Hall–Kier alpha value is 0.860. The van der Waals surface area contributed by atoms with Crippen molar-refractivity contribution in [3.63, 3.8) is 0 Å². The minimum Gasteiger partial charge on any atom is -0.113 e. The average molecular weight is 204 g/mol. The first-order chi connectivity index (χ1) is 5.59. The third-order valence-electron chi connectivity index (χ3n) is 2.77. The largest absolute Gasteiger partial charge is 0.113 e. The summed E-state index contributed by atoms with van der Waals surface area (Å²) < 4.78 is 0. The van der Waals surface area contributed by atoms with E-state index in [0.717, 1.165) is 11.8 Å². The van der Waals surface area contributed by atoms with E-state index in [-0.39, 0.29) is 0 Å². The molecule has 0 aromatic carbocycles. The highest BCUT2D eigenvalue weighted by atomic mass is 31.1. The van der Waals surface area contributed by atoms with E-state index >= 15 is 0 Å². The van der Waals surface area contributed by atoms with Crippen molar-refractivity contribution in [1.29, 1.82) is 0 Å². The molecule has 1 aliphatic carbocycles. The van der Waals surface area contributed by atoms with Crippen LogP contribution in [0, 0.1) is 11.8 Å². The van der Waals surface area contributed by atoms with Gasteiger partial charge in [0, 0.05) is 0 Å². The van der Waals surface area contributed by atoms with E-state index in [4.69, 9.17) is 0 Å². The van der Waals surface area contributed by atoms with E-state index in [1.165, 1.54) is 12.8 Å². The fourth-order valence-corrected chi connectivity index (χ4v) is 4.89. The maximum absolute atomic E-state index is 2.42. The lowest BCUT2D eigenvalue weighted by molar-refractivity contribution is 0.227. The second-order valence-corrected chi connectivity index (χ2v) is 9.67. The highest BCUT2D eigenvalue weighted by molar-refractivity contribution is 7.56. The first kappa shape index (κ1) is 10.9. The van der Waals surface area contributed by atoms with Crippen molar-refractivity contribution in [3.05, 3.63) is 0 Å². The summed E-state index contributed by atoms with van der Waals surface area (Å²) in [6.07, 6.45) is 6.16. The topological polar surface area (TPSA) is 0 Å². The van der Waals surface area contributed by atoms with Crippen LogP contribution in [0.2, 0.25) is 0 Å². The molecular formula is C10H22P2. The highest BCUT2D eigenvalue weighted by Crippen LogP contribution is 2.46. The molecule has 0 aromatic heterocycles. The standard InChI is InChI=1S/C10H22P2/c1-11(2)7-9-5-6-10(9)8-12(3)4/h9-10H,5-8H2,1-4H3/t9-,10-/m0/s1. The molecule has 0 aromatic rings. The van der Waals surface area contributed by atoms with Crippen molar-refractivity contribution in [2.75, 3.05) is 39.0 Å². The van der Waals surface area contributed by atoms with Gasteiger partial charge < -0.3 is 0 Å². The van der Waals surface area contributed by atoms with Gasteiger partial charge in [0.15, 0.2) is 0 Å². The number of hydrogen-bond acceptors (Lipinski definition) is 0. The van der Waals surface area contributed by atoms with Crippen LogP contribution in [0.3, 0.4) is 0 Å². The predicted octanol–water partition coefficient (Wildman–Crippen LogP) is 3.50. The Balaban J connectivity index is 2.20. The van der Waals surface area contributed by atoms with E-state index in [1.54, 1.807) is 12.3 Å². The molecule has 0 amide bonds. The molecular weight excluding hydrogens is 182 g/mol. The van der Waals surface area contributed by atoms with Crippen LogP contribution in [0.1, 0.15) is 12.8 Å². The predicted molar refractivity (Wildman–Crippen MR) is 63.5 cm³/mol. The van der Waals surface area contributed by atoms with Crippen molar-refractivity contribution in [2.24, 2.45) is 11.8 Å². The summed E-state index contributed by atoms with van der Waals surface area (Å²) in [5.41, 5.74) is 0. The van der Waals surface area contributed by atoms with E-state index in [9.17, 15) is 0 Å². The molecule has 0 spiro atoms. The Morgan fingerprint density at radius 3 is 1.33 bits per heavy atom. The normalized spacial score (nSPS) is 29.5. The first-order valence-corrected chi connectivity index (χ1v) is 9.73. The third-order valence-corrected chi connectivity index (χ3v) is 5.17. The van der Waals surface area contributed by atoms with Crippen LogP contribution >= 0.6 is 15.8 Å². The molecule has 72 valence electrons.